The lowest BCUT2D eigenvalue weighted by atomic mass is 10.1. The predicted octanol–water partition coefficient (Wildman–Crippen LogP) is 3.75. The van der Waals surface area contributed by atoms with Crippen LogP contribution in [0.1, 0.15) is 30.9 Å². The van der Waals surface area contributed by atoms with Crippen LogP contribution in [0.3, 0.4) is 0 Å². The zero-order chi connectivity index (χ0) is 21.2. The highest BCUT2D eigenvalue weighted by atomic mass is 19.1. The molecule has 2 amide bonds. The average molecular weight is 412 g/mol. The number of hydrogen-bond donors (Lipinski definition) is 3. The highest BCUT2D eigenvalue weighted by Gasteiger charge is 2.17. The summed E-state index contributed by atoms with van der Waals surface area (Å²) in [7, 11) is 0. The van der Waals surface area contributed by atoms with E-state index in [1.54, 1.807) is 12.1 Å². The van der Waals surface area contributed by atoms with E-state index in [-0.39, 0.29) is 11.8 Å². The Kier molecular flexibility index (Phi) is 8.06. The Bertz CT molecular complexity index is 864. The van der Waals surface area contributed by atoms with Crippen LogP contribution < -0.4 is 16.0 Å². The van der Waals surface area contributed by atoms with Gasteiger partial charge in [0.2, 0.25) is 0 Å². The molecule has 1 fully saturated rings. The molecule has 1 saturated heterocycles. The lowest BCUT2D eigenvalue weighted by Crippen LogP contribution is -2.38. The summed E-state index contributed by atoms with van der Waals surface area (Å²) in [4.78, 5) is 18.7. The Morgan fingerprint density at radius 1 is 1.10 bits per heavy atom. The number of aliphatic imine (C=N–C) groups is 1. The second-order valence-corrected chi connectivity index (χ2v) is 7.29. The lowest BCUT2D eigenvalue weighted by Gasteiger charge is -2.16. The van der Waals surface area contributed by atoms with E-state index in [9.17, 15) is 9.18 Å². The van der Waals surface area contributed by atoms with Crippen molar-refractivity contribution in [2.45, 2.75) is 32.7 Å². The van der Waals surface area contributed by atoms with Crippen LogP contribution >= 0.6 is 0 Å². The number of guanidine groups is 1. The SMILES string of the molecule is CCNC(=NCc1cccc(NC(=O)N2CCCC2)c1)NCCc1ccccc1F. The number of likely N-dealkylation sites (tertiary alicyclic amines) is 1. The minimum absolute atomic E-state index is 0.0451. The third kappa shape index (κ3) is 6.47. The van der Waals surface area contributed by atoms with Crippen molar-refractivity contribution >= 4 is 17.7 Å². The molecule has 1 aliphatic heterocycles. The van der Waals surface area contributed by atoms with Gasteiger partial charge in [0.1, 0.15) is 5.82 Å². The molecule has 30 heavy (non-hydrogen) atoms. The number of carbonyl (C=O) groups excluding carboxylic acids is 1. The van der Waals surface area contributed by atoms with Gasteiger partial charge in [-0.1, -0.05) is 30.3 Å². The summed E-state index contributed by atoms with van der Waals surface area (Å²) in [5.74, 6) is 0.495. The molecule has 3 N–H and O–H groups in total. The van der Waals surface area contributed by atoms with Crippen molar-refractivity contribution in [3.05, 3.63) is 65.5 Å². The Balaban J connectivity index is 1.54. The van der Waals surface area contributed by atoms with E-state index in [1.807, 2.05) is 42.2 Å². The number of hydrogen-bond acceptors (Lipinski definition) is 2. The standard InChI is InChI=1S/C23H30FN5O/c1-2-25-22(26-13-12-19-9-3-4-11-21(19)24)27-17-18-8-7-10-20(16-18)28-23(30)29-14-5-6-15-29/h3-4,7-11,16H,2,5-6,12-15,17H2,1H3,(H,28,30)(H2,25,26,27). The minimum atomic E-state index is -0.186. The Labute approximate surface area is 177 Å². The first-order valence-corrected chi connectivity index (χ1v) is 10.6. The molecule has 0 saturated carbocycles. The van der Waals surface area contributed by atoms with E-state index in [2.05, 4.69) is 20.9 Å². The van der Waals surface area contributed by atoms with Crippen molar-refractivity contribution in [2.75, 3.05) is 31.5 Å². The largest absolute Gasteiger partial charge is 0.357 e. The molecule has 0 aliphatic carbocycles. The molecule has 1 aliphatic rings. The highest BCUT2D eigenvalue weighted by Crippen LogP contribution is 2.14. The summed E-state index contributed by atoms with van der Waals surface area (Å²) in [6.07, 6.45) is 2.72. The molecule has 160 valence electrons. The molecular formula is C23H30FN5O. The molecule has 0 bridgehead atoms. The molecule has 0 unspecified atom stereocenters. The van der Waals surface area contributed by atoms with Gasteiger partial charge in [0.25, 0.3) is 0 Å². The predicted molar refractivity (Wildman–Crippen MR) is 119 cm³/mol. The second kappa shape index (κ2) is 11.2. The summed E-state index contributed by atoms with van der Waals surface area (Å²) in [6.45, 7) is 5.43. The maximum absolute atomic E-state index is 13.8. The summed E-state index contributed by atoms with van der Waals surface area (Å²) in [6, 6.07) is 14.5. The van der Waals surface area contributed by atoms with Crippen molar-refractivity contribution in [2.24, 2.45) is 4.99 Å². The average Bonchev–Trinajstić information content (AvgIpc) is 3.29. The van der Waals surface area contributed by atoms with Crippen LogP contribution in [0.15, 0.2) is 53.5 Å². The first kappa shape index (κ1) is 21.6. The van der Waals surface area contributed by atoms with Crippen LogP contribution in [0.2, 0.25) is 0 Å². The van der Waals surface area contributed by atoms with E-state index in [1.165, 1.54) is 6.07 Å². The quantitative estimate of drug-likeness (QED) is 0.480. The van der Waals surface area contributed by atoms with Gasteiger partial charge in [0.15, 0.2) is 5.96 Å². The third-order valence-electron chi connectivity index (χ3n) is 4.98. The molecule has 7 heteroatoms. The molecule has 6 nitrogen and oxygen atoms in total. The number of nitrogens with zero attached hydrogens (tertiary/aromatic N) is 2. The van der Waals surface area contributed by atoms with Gasteiger partial charge in [-0.2, -0.15) is 0 Å². The van der Waals surface area contributed by atoms with Gasteiger partial charge in [-0.05, 0) is 55.5 Å². The van der Waals surface area contributed by atoms with Crippen LogP contribution in [-0.2, 0) is 13.0 Å². The lowest BCUT2D eigenvalue weighted by molar-refractivity contribution is 0.222. The first-order chi connectivity index (χ1) is 14.7. The second-order valence-electron chi connectivity index (χ2n) is 7.29. The fraction of sp³-hybridized carbons (Fsp3) is 0.391. The first-order valence-electron chi connectivity index (χ1n) is 10.6. The van der Waals surface area contributed by atoms with Gasteiger partial charge in [-0.15, -0.1) is 0 Å². The van der Waals surface area contributed by atoms with Gasteiger partial charge in [0.05, 0.1) is 6.54 Å². The minimum Gasteiger partial charge on any atom is -0.357 e. The summed E-state index contributed by atoms with van der Waals surface area (Å²) in [5.41, 5.74) is 2.46. The number of benzene rings is 2. The molecule has 0 radical (unpaired) electrons. The number of urea groups is 1. The molecule has 0 spiro atoms. The summed E-state index contributed by atoms with van der Waals surface area (Å²) < 4.78 is 13.8. The topological polar surface area (TPSA) is 68.8 Å². The van der Waals surface area contributed by atoms with Gasteiger partial charge in [0, 0.05) is 31.9 Å². The number of nitrogens with one attached hydrogen (secondary N) is 3. The Hall–Kier alpha value is -3.09. The Morgan fingerprint density at radius 3 is 2.67 bits per heavy atom. The molecule has 3 rings (SSSR count). The van der Waals surface area contributed by atoms with Crippen molar-refractivity contribution in [1.82, 2.24) is 15.5 Å². The van der Waals surface area contributed by atoms with Gasteiger partial charge < -0.3 is 20.9 Å². The smallest absolute Gasteiger partial charge is 0.321 e. The molecule has 1 heterocycles. The summed E-state index contributed by atoms with van der Waals surface area (Å²) >= 11 is 0. The van der Waals surface area contributed by atoms with Crippen LogP contribution in [0.5, 0.6) is 0 Å². The zero-order valence-electron chi connectivity index (χ0n) is 17.5. The number of amides is 2. The van der Waals surface area contributed by atoms with E-state index in [0.29, 0.717) is 31.0 Å². The van der Waals surface area contributed by atoms with Gasteiger partial charge in [-0.3, -0.25) is 0 Å². The van der Waals surface area contributed by atoms with Crippen LogP contribution in [0.4, 0.5) is 14.9 Å². The van der Waals surface area contributed by atoms with Gasteiger partial charge in [-0.25, -0.2) is 14.2 Å². The van der Waals surface area contributed by atoms with Crippen LogP contribution in [0.25, 0.3) is 0 Å². The van der Waals surface area contributed by atoms with Crippen LogP contribution in [-0.4, -0.2) is 43.1 Å². The Morgan fingerprint density at radius 2 is 1.90 bits per heavy atom. The normalized spacial score (nSPS) is 13.9. The van der Waals surface area contributed by atoms with E-state index < -0.39 is 0 Å². The maximum Gasteiger partial charge on any atom is 0.321 e. The monoisotopic (exact) mass is 411 g/mol. The third-order valence-corrected chi connectivity index (χ3v) is 4.98. The number of anilines is 1. The van der Waals surface area contributed by atoms with Crippen molar-refractivity contribution in [3.63, 3.8) is 0 Å². The van der Waals surface area contributed by atoms with Crippen molar-refractivity contribution < 1.29 is 9.18 Å². The maximum atomic E-state index is 13.8. The summed E-state index contributed by atoms with van der Waals surface area (Å²) in [5, 5.41) is 9.42. The zero-order valence-corrected chi connectivity index (χ0v) is 17.5. The molecule has 2 aromatic carbocycles. The molecular weight excluding hydrogens is 381 g/mol. The molecule has 2 aromatic rings. The highest BCUT2D eigenvalue weighted by molar-refractivity contribution is 5.89. The van der Waals surface area contributed by atoms with Crippen LogP contribution in [0, 0.1) is 5.82 Å². The fourth-order valence-corrected chi connectivity index (χ4v) is 3.40. The molecule has 0 atom stereocenters. The van der Waals surface area contributed by atoms with Crippen molar-refractivity contribution in [1.29, 1.82) is 0 Å². The van der Waals surface area contributed by atoms with E-state index in [0.717, 1.165) is 43.7 Å². The van der Waals surface area contributed by atoms with Gasteiger partial charge >= 0.3 is 6.03 Å². The number of halogens is 1. The van der Waals surface area contributed by atoms with E-state index >= 15 is 0 Å². The van der Waals surface area contributed by atoms with E-state index in [4.69, 9.17) is 0 Å². The fourth-order valence-electron chi connectivity index (χ4n) is 3.40. The number of rotatable bonds is 7. The number of carbonyl (C=O) groups is 1. The molecule has 0 aromatic heterocycles. The van der Waals surface area contributed by atoms with Crippen molar-refractivity contribution in [3.8, 4) is 0 Å².